The average molecular weight is 260 g/mol. The van der Waals surface area contributed by atoms with Gasteiger partial charge in [-0.25, -0.2) is 0 Å². The maximum atomic E-state index is 5.92. The zero-order valence-corrected chi connectivity index (χ0v) is 11.4. The van der Waals surface area contributed by atoms with E-state index in [2.05, 4.69) is 17.0 Å². The van der Waals surface area contributed by atoms with E-state index in [0.717, 1.165) is 30.8 Å². The lowest BCUT2D eigenvalue weighted by Gasteiger charge is -2.08. The third kappa shape index (κ3) is 3.54. The molecule has 0 amide bonds. The Morgan fingerprint density at radius 2 is 2.11 bits per heavy atom. The summed E-state index contributed by atoms with van der Waals surface area (Å²) < 4.78 is 7.55. The molecule has 2 aromatic heterocycles. The lowest BCUT2D eigenvalue weighted by atomic mass is 10.1. The molecule has 2 rings (SSSR count). The lowest BCUT2D eigenvalue weighted by Crippen LogP contribution is -2.10. The first-order chi connectivity index (χ1) is 9.22. The molecule has 0 radical (unpaired) electrons. The Balaban J connectivity index is 2.02. The molecule has 0 aliphatic carbocycles. The summed E-state index contributed by atoms with van der Waals surface area (Å²) in [6, 6.07) is 3.77. The summed E-state index contributed by atoms with van der Waals surface area (Å²) in [5, 5.41) is 4.21. The number of nitrogens with two attached hydrogens (primary N) is 1. The molecule has 0 saturated heterocycles. The van der Waals surface area contributed by atoms with Crippen LogP contribution in [0.5, 0.6) is 11.5 Å². The number of nitrogens with zero attached hydrogens (tertiary/aromatic N) is 3. The zero-order valence-electron chi connectivity index (χ0n) is 11.4. The molecule has 0 bridgehead atoms. The fourth-order valence-corrected chi connectivity index (χ4v) is 1.77. The minimum absolute atomic E-state index is 0.0126. The first kappa shape index (κ1) is 13.5. The van der Waals surface area contributed by atoms with E-state index >= 15 is 0 Å². The van der Waals surface area contributed by atoms with Gasteiger partial charge in [0.05, 0.1) is 24.3 Å². The highest BCUT2D eigenvalue weighted by molar-refractivity contribution is 5.27. The third-order valence-electron chi connectivity index (χ3n) is 2.88. The van der Waals surface area contributed by atoms with Crippen LogP contribution in [0.15, 0.2) is 30.7 Å². The molecule has 102 valence electrons. The normalized spacial score (nSPS) is 12.4. The van der Waals surface area contributed by atoms with Crippen molar-refractivity contribution < 1.29 is 4.74 Å². The molecule has 5 nitrogen and oxygen atoms in total. The fourth-order valence-electron chi connectivity index (χ4n) is 1.77. The van der Waals surface area contributed by atoms with E-state index in [4.69, 9.17) is 10.5 Å². The van der Waals surface area contributed by atoms with Gasteiger partial charge in [0.1, 0.15) is 5.75 Å². The second-order valence-electron chi connectivity index (χ2n) is 4.47. The highest BCUT2D eigenvalue weighted by atomic mass is 16.5. The van der Waals surface area contributed by atoms with E-state index < -0.39 is 0 Å². The van der Waals surface area contributed by atoms with E-state index in [1.807, 2.05) is 29.9 Å². The maximum absolute atomic E-state index is 5.92. The van der Waals surface area contributed by atoms with Crippen molar-refractivity contribution in [2.24, 2.45) is 5.73 Å². The van der Waals surface area contributed by atoms with Gasteiger partial charge in [0.25, 0.3) is 0 Å². The smallest absolute Gasteiger partial charge is 0.165 e. The van der Waals surface area contributed by atoms with Crippen LogP contribution in [-0.4, -0.2) is 14.8 Å². The van der Waals surface area contributed by atoms with Gasteiger partial charge < -0.3 is 10.5 Å². The minimum atomic E-state index is -0.0126. The number of ether oxygens (including phenoxy) is 1. The van der Waals surface area contributed by atoms with Gasteiger partial charge in [0.2, 0.25) is 0 Å². The van der Waals surface area contributed by atoms with E-state index in [1.165, 1.54) is 0 Å². The second kappa shape index (κ2) is 6.33. The summed E-state index contributed by atoms with van der Waals surface area (Å²) >= 11 is 0. The van der Waals surface area contributed by atoms with Crippen molar-refractivity contribution in [1.82, 2.24) is 14.8 Å². The summed E-state index contributed by atoms with van der Waals surface area (Å²) in [7, 11) is 0. The third-order valence-corrected chi connectivity index (χ3v) is 2.88. The molecule has 0 fully saturated rings. The molecule has 0 aliphatic rings. The molecule has 0 saturated carbocycles. The van der Waals surface area contributed by atoms with Crippen LogP contribution in [0.1, 0.15) is 38.4 Å². The molecule has 19 heavy (non-hydrogen) atoms. The second-order valence-corrected chi connectivity index (χ2v) is 4.47. The summed E-state index contributed by atoms with van der Waals surface area (Å²) in [5.41, 5.74) is 6.80. The highest BCUT2D eigenvalue weighted by Crippen LogP contribution is 2.21. The van der Waals surface area contributed by atoms with Crippen LogP contribution in [0.3, 0.4) is 0 Å². The van der Waals surface area contributed by atoms with Gasteiger partial charge in [-0.3, -0.25) is 9.67 Å². The molecule has 2 N–H and O–H groups in total. The van der Waals surface area contributed by atoms with Crippen molar-refractivity contribution in [2.75, 3.05) is 0 Å². The van der Waals surface area contributed by atoms with Crippen LogP contribution in [0.25, 0.3) is 0 Å². The Kier molecular flexibility index (Phi) is 4.52. The molecular formula is C14H20N4O. The minimum Gasteiger partial charge on any atom is -0.452 e. The maximum Gasteiger partial charge on any atom is 0.165 e. The molecule has 1 atom stereocenters. The summed E-state index contributed by atoms with van der Waals surface area (Å²) in [6.07, 6.45) is 7.21. The number of aryl methyl sites for hydroxylation is 1. The summed E-state index contributed by atoms with van der Waals surface area (Å²) in [6.45, 7) is 5.05. The van der Waals surface area contributed by atoms with Crippen molar-refractivity contribution in [3.63, 3.8) is 0 Å². The number of rotatable bonds is 6. The predicted octanol–water partition coefficient (Wildman–Crippen LogP) is 2.89. The largest absolute Gasteiger partial charge is 0.452 e. The van der Waals surface area contributed by atoms with Crippen LogP contribution in [0.4, 0.5) is 0 Å². The Morgan fingerprint density at radius 3 is 2.74 bits per heavy atom. The highest BCUT2D eigenvalue weighted by Gasteiger charge is 2.06. The van der Waals surface area contributed by atoms with Crippen molar-refractivity contribution in [1.29, 1.82) is 0 Å². The molecular weight excluding hydrogens is 240 g/mol. The Morgan fingerprint density at radius 1 is 1.26 bits per heavy atom. The molecule has 0 spiro atoms. The van der Waals surface area contributed by atoms with Gasteiger partial charge in [-0.15, -0.1) is 0 Å². The monoisotopic (exact) mass is 260 g/mol. The van der Waals surface area contributed by atoms with E-state index in [1.54, 1.807) is 12.4 Å². The first-order valence-corrected chi connectivity index (χ1v) is 6.64. The van der Waals surface area contributed by atoms with Crippen LogP contribution in [0, 0.1) is 0 Å². The molecule has 1 unspecified atom stereocenters. The Labute approximate surface area is 113 Å². The number of pyridine rings is 1. The number of aromatic nitrogens is 3. The van der Waals surface area contributed by atoms with E-state index in [0.29, 0.717) is 5.75 Å². The van der Waals surface area contributed by atoms with Crippen molar-refractivity contribution in [3.05, 3.63) is 36.4 Å². The average Bonchev–Trinajstić information content (AvgIpc) is 2.86. The van der Waals surface area contributed by atoms with E-state index in [9.17, 15) is 0 Å². The van der Waals surface area contributed by atoms with Gasteiger partial charge in [0, 0.05) is 12.6 Å². The van der Waals surface area contributed by atoms with Crippen molar-refractivity contribution >= 4 is 0 Å². The lowest BCUT2D eigenvalue weighted by molar-refractivity contribution is 0.477. The van der Waals surface area contributed by atoms with Crippen LogP contribution in [0.2, 0.25) is 0 Å². The summed E-state index contributed by atoms with van der Waals surface area (Å²) in [4.78, 5) is 4.31. The van der Waals surface area contributed by atoms with E-state index in [-0.39, 0.29) is 6.04 Å². The Hall–Kier alpha value is -1.88. The molecule has 2 aromatic rings. The molecule has 0 aliphatic heterocycles. The molecule has 2 heterocycles. The van der Waals surface area contributed by atoms with Gasteiger partial charge >= 0.3 is 0 Å². The number of hydrogen-bond acceptors (Lipinski definition) is 4. The van der Waals surface area contributed by atoms with Gasteiger partial charge in [-0.05, 0) is 25.0 Å². The Bertz CT molecular complexity index is 506. The van der Waals surface area contributed by atoms with Gasteiger partial charge in [-0.1, -0.05) is 13.8 Å². The van der Waals surface area contributed by atoms with Crippen molar-refractivity contribution in [3.8, 4) is 11.5 Å². The first-order valence-electron chi connectivity index (χ1n) is 6.64. The van der Waals surface area contributed by atoms with Crippen molar-refractivity contribution in [2.45, 2.75) is 39.3 Å². The topological polar surface area (TPSA) is 66.0 Å². The SMILES string of the molecule is CCCn1cc(Oc2ccc(C(N)CC)nc2)cn1. The molecule has 0 aromatic carbocycles. The fraction of sp³-hybridized carbons (Fsp3) is 0.429. The predicted molar refractivity (Wildman–Crippen MR) is 74.0 cm³/mol. The standard InChI is InChI=1S/C14H20N4O/c1-3-7-18-10-12(9-17-18)19-11-5-6-14(16-8-11)13(15)4-2/h5-6,8-10,13H,3-4,7,15H2,1-2H3. The number of hydrogen-bond donors (Lipinski definition) is 1. The van der Waals surface area contributed by atoms with Gasteiger partial charge in [-0.2, -0.15) is 5.10 Å². The quantitative estimate of drug-likeness (QED) is 0.867. The molecule has 5 heteroatoms. The van der Waals surface area contributed by atoms with Crippen LogP contribution < -0.4 is 10.5 Å². The van der Waals surface area contributed by atoms with Crippen LogP contribution in [-0.2, 0) is 6.54 Å². The van der Waals surface area contributed by atoms with Crippen LogP contribution >= 0.6 is 0 Å². The zero-order chi connectivity index (χ0) is 13.7. The van der Waals surface area contributed by atoms with Gasteiger partial charge in [0.15, 0.2) is 5.75 Å². The summed E-state index contributed by atoms with van der Waals surface area (Å²) in [5.74, 6) is 1.42.